The van der Waals surface area contributed by atoms with E-state index in [2.05, 4.69) is 10.6 Å². The molecule has 9 aromatic carbocycles. The Morgan fingerprint density at radius 2 is 0.791 bits per heavy atom. The number of fused-ring (bicyclic) bond motifs is 1. The average molecular weight is 1230 g/mol. The summed E-state index contributed by atoms with van der Waals surface area (Å²) in [6.07, 6.45) is 1.58. The minimum absolute atomic E-state index is 0.167. The maximum absolute atomic E-state index is 13.4. The van der Waals surface area contributed by atoms with E-state index in [0.29, 0.717) is 105 Å². The molecule has 91 heavy (non-hydrogen) atoms. The van der Waals surface area contributed by atoms with Gasteiger partial charge in [0.05, 0.1) is 13.2 Å². The number of urea groups is 2. The summed E-state index contributed by atoms with van der Waals surface area (Å²) >= 11 is 0. The molecule has 0 aliphatic carbocycles. The number of carboxylic acids is 2. The molecule has 1 aliphatic rings. The van der Waals surface area contributed by atoms with E-state index in [1.807, 2.05) is 176 Å². The van der Waals surface area contributed by atoms with Gasteiger partial charge >= 0.3 is 24.0 Å². The molecule has 17 heteroatoms. The summed E-state index contributed by atoms with van der Waals surface area (Å²) in [6, 6.07) is 74.4. The SMILES string of the molecule is C[C@@](Cc1ccc(OCCCN(Cc2ccccc2)C(=O)Nc2ccc(OCc3ccccc3)cc2)cc1)(Oc1ccccc1)C(=O)O.C[C@@](Cc1ccc(OCCCN(Cc2ccccc2)C(=O)Nc2ccc3c(c2)OCO3)cc1)(Oc1ccccc1)C(=O)O. The maximum atomic E-state index is 13.4. The number of carbonyl (C=O) groups excluding carboxylic acids is 2. The second-order valence-electron chi connectivity index (χ2n) is 22.0. The van der Waals surface area contributed by atoms with Crippen LogP contribution in [-0.4, -0.2) is 88.3 Å². The average Bonchev–Trinajstić information content (AvgIpc) is 2.96. The summed E-state index contributed by atoms with van der Waals surface area (Å²) < 4.78 is 40.3. The number of para-hydroxylation sites is 2. The van der Waals surface area contributed by atoms with Crippen LogP contribution in [-0.2, 0) is 42.1 Å². The number of rotatable bonds is 29. The molecular formula is C74H74N4O13. The van der Waals surface area contributed by atoms with Crippen LogP contribution in [0.1, 0.15) is 54.5 Å². The van der Waals surface area contributed by atoms with E-state index in [0.717, 1.165) is 33.6 Å². The summed E-state index contributed by atoms with van der Waals surface area (Å²) in [6.45, 7) is 6.41. The van der Waals surface area contributed by atoms with E-state index < -0.39 is 23.1 Å². The largest absolute Gasteiger partial charge is 0.494 e. The summed E-state index contributed by atoms with van der Waals surface area (Å²) in [4.78, 5) is 54.3. The molecular weight excluding hydrogens is 1150 g/mol. The number of nitrogens with one attached hydrogen (secondary N) is 2. The first kappa shape index (κ1) is 64.5. The Morgan fingerprint density at radius 3 is 1.23 bits per heavy atom. The molecule has 0 radical (unpaired) electrons. The lowest BCUT2D eigenvalue weighted by Crippen LogP contribution is -2.43. The fourth-order valence-electron chi connectivity index (χ4n) is 9.75. The molecule has 9 aromatic rings. The number of anilines is 2. The Morgan fingerprint density at radius 1 is 0.418 bits per heavy atom. The number of aliphatic carboxylic acids is 2. The predicted octanol–water partition coefficient (Wildman–Crippen LogP) is 14.6. The standard InChI is InChI=1S/C40H40N2O6.C34H34N2O7/c1-40(38(43)44,48-37-16-9-4-10-17-37)28-31-18-22-35(23-19-31)46-27-11-26-42(29-32-12-5-2-6-13-32)39(45)41-34-20-24-36(25-21-34)47-30-33-14-7-3-8-15-33;1-34(32(37)38,43-29-11-6-3-7-12-29)22-25-13-16-28(17-14-25)40-20-8-19-36(23-26-9-4-2-5-10-26)33(39)35-27-15-18-30-31(21-27)42-24-41-30/h2-10,12-25H,11,26-30H2,1H3,(H,41,45)(H,43,44);2-7,9-18,21H,8,19-20,22-24H2,1H3,(H,35,39)(H,37,38)/t40-;34-/m00/s1. The monoisotopic (exact) mass is 1230 g/mol. The van der Waals surface area contributed by atoms with Crippen molar-refractivity contribution in [1.82, 2.24) is 9.80 Å². The topological polar surface area (TPSA) is 204 Å². The Kier molecular flexibility index (Phi) is 22.9. The van der Waals surface area contributed by atoms with Crippen molar-refractivity contribution in [1.29, 1.82) is 0 Å². The van der Waals surface area contributed by atoms with Crippen LogP contribution in [0, 0.1) is 0 Å². The van der Waals surface area contributed by atoms with Crippen molar-refractivity contribution in [2.24, 2.45) is 0 Å². The number of hydrogen-bond donors (Lipinski definition) is 4. The molecule has 10 rings (SSSR count). The minimum Gasteiger partial charge on any atom is -0.494 e. The van der Waals surface area contributed by atoms with E-state index in [1.54, 1.807) is 90.4 Å². The van der Waals surface area contributed by atoms with Crippen molar-refractivity contribution in [3.8, 4) is 40.2 Å². The minimum atomic E-state index is -1.43. The van der Waals surface area contributed by atoms with Crippen molar-refractivity contribution >= 4 is 35.4 Å². The maximum Gasteiger partial charge on any atom is 0.348 e. The molecule has 4 amide bonds. The van der Waals surface area contributed by atoms with Crippen LogP contribution in [0.15, 0.2) is 243 Å². The van der Waals surface area contributed by atoms with Crippen molar-refractivity contribution in [2.45, 2.75) is 70.4 Å². The van der Waals surface area contributed by atoms with Gasteiger partial charge in [-0.2, -0.15) is 0 Å². The first-order valence-electron chi connectivity index (χ1n) is 30.0. The number of benzene rings is 9. The quantitative estimate of drug-likeness (QED) is 0.0323. The summed E-state index contributed by atoms with van der Waals surface area (Å²) in [5.41, 5.74) is 3.19. The molecule has 0 unspecified atom stereocenters. The van der Waals surface area contributed by atoms with Gasteiger partial charge in [0.1, 0.15) is 35.4 Å². The third-order valence-corrected chi connectivity index (χ3v) is 14.7. The normalized spacial score (nSPS) is 12.5. The molecule has 1 heterocycles. The van der Waals surface area contributed by atoms with Crippen LogP contribution >= 0.6 is 0 Å². The smallest absolute Gasteiger partial charge is 0.348 e. The number of hydrogen-bond acceptors (Lipinski definition) is 11. The van der Waals surface area contributed by atoms with E-state index in [1.165, 1.54) is 0 Å². The molecule has 468 valence electrons. The summed E-state index contributed by atoms with van der Waals surface area (Å²) in [7, 11) is 0. The lowest BCUT2D eigenvalue weighted by Gasteiger charge is -2.26. The molecule has 0 fully saturated rings. The first-order chi connectivity index (χ1) is 44.2. The van der Waals surface area contributed by atoms with E-state index in [4.69, 9.17) is 33.2 Å². The number of ether oxygens (including phenoxy) is 7. The Labute approximate surface area is 530 Å². The molecule has 17 nitrogen and oxygen atoms in total. The number of carbonyl (C=O) groups is 4. The third kappa shape index (κ3) is 20.0. The van der Waals surface area contributed by atoms with Gasteiger partial charge in [-0.25, -0.2) is 19.2 Å². The molecule has 2 atom stereocenters. The first-order valence-corrected chi connectivity index (χ1v) is 30.0. The van der Waals surface area contributed by atoms with E-state index >= 15 is 0 Å². The highest BCUT2D eigenvalue weighted by molar-refractivity contribution is 5.90. The van der Waals surface area contributed by atoms with Crippen LogP contribution in [0.4, 0.5) is 21.0 Å². The number of nitrogens with zero attached hydrogens (tertiary/aromatic N) is 2. The predicted molar refractivity (Wildman–Crippen MR) is 348 cm³/mol. The van der Waals surface area contributed by atoms with Gasteiger partial charge < -0.3 is 63.8 Å². The van der Waals surface area contributed by atoms with Gasteiger partial charge in [0.2, 0.25) is 18.0 Å². The molecule has 0 bridgehead atoms. The summed E-state index contributed by atoms with van der Waals surface area (Å²) in [5, 5.41) is 25.7. The second-order valence-corrected chi connectivity index (χ2v) is 22.0. The molecule has 0 spiro atoms. The zero-order valence-electron chi connectivity index (χ0n) is 50.9. The molecule has 4 N–H and O–H groups in total. The van der Waals surface area contributed by atoms with Crippen LogP contribution in [0.5, 0.6) is 40.2 Å². The second kappa shape index (κ2) is 32.3. The number of amides is 4. The van der Waals surface area contributed by atoms with Gasteiger partial charge in [0, 0.05) is 56.5 Å². The van der Waals surface area contributed by atoms with Crippen LogP contribution in [0.25, 0.3) is 0 Å². The van der Waals surface area contributed by atoms with Gasteiger partial charge in [-0.3, -0.25) is 0 Å². The Bertz CT molecular complexity index is 3720. The van der Waals surface area contributed by atoms with Crippen LogP contribution in [0.2, 0.25) is 0 Å². The molecule has 0 saturated heterocycles. The number of carboxylic acid groups (broad SMARTS) is 2. The molecule has 1 aliphatic heterocycles. The Balaban J connectivity index is 0.000000217. The molecule has 0 saturated carbocycles. The Hall–Kier alpha value is -10.9. The van der Waals surface area contributed by atoms with Gasteiger partial charge in [-0.15, -0.1) is 0 Å². The van der Waals surface area contributed by atoms with Crippen molar-refractivity contribution in [3.05, 3.63) is 270 Å². The zero-order chi connectivity index (χ0) is 63.7. The van der Waals surface area contributed by atoms with Crippen LogP contribution < -0.4 is 43.8 Å². The lowest BCUT2D eigenvalue weighted by molar-refractivity contribution is -0.154. The van der Waals surface area contributed by atoms with Crippen molar-refractivity contribution < 1.29 is 62.5 Å². The van der Waals surface area contributed by atoms with E-state index in [9.17, 15) is 29.4 Å². The summed E-state index contributed by atoms with van der Waals surface area (Å²) in [5.74, 6) is 2.21. The highest BCUT2D eigenvalue weighted by Gasteiger charge is 2.37. The fraction of sp³-hybridized carbons (Fsp3) is 0.216. The fourth-order valence-corrected chi connectivity index (χ4v) is 9.75. The highest BCUT2D eigenvalue weighted by Crippen LogP contribution is 2.35. The van der Waals surface area contributed by atoms with Gasteiger partial charge in [-0.1, -0.05) is 152 Å². The zero-order valence-corrected chi connectivity index (χ0v) is 50.9. The van der Waals surface area contributed by atoms with Gasteiger partial charge in [-0.05, 0) is 139 Å². The van der Waals surface area contributed by atoms with E-state index in [-0.39, 0.29) is 31.7 Å². The van der Waals surface area contributed by atoms with Crippen LogP contribution in [0.3, 0.4) is 0 Å². The highest BCUT2D eigenvalue weighted by atomic mass is 16.7. The van der Waals surface area contributed by atoms with Gasteiger partial charge in [0.25, 0.3) is 0 Å². The third-order valence-electron chi connectivity index (χ3n) is 14.7. The lowest BCUT2D eigenvalue weighted by atomic mass is 9.96. The molecule has 0 aromatic heterocycles. The van der Waals surface area contributed by atoms with Crippen molar-refractivity contribution in [2.75, 3.05) is 43.7 Å². The van der Waals surface area contributed by atoms with Gasteiger partial charge in [0.15, 0.2) is 11.5 Å². The van der Waals surface area contributed by atoms with Crippen molar-refractivity contribution in [3.63, 3.8) is 0 Å².